The van der Waals surface area contributed by atoms with Crippen LogP contribution in [0.3, 0.4) is 0 Å². The van der Waals surface area contributed by atoms with Crippen LogP contribution in [0, 0.1) is 13.8 Å². The maximum absolute atomic E-state index is 12.9. The number of thioether (sulfide) groups is 1. The Morgan fingerprint density at radius 1 is 1.18 bits per heavy atom. The van der Waals surface area contributed by atoms with Crippen LogP contribution < -0.4 is 9.61 Å². The third-order valence-corrected chi connectivity index (χ3v) is 8.73. The molecule has 3 heterocycles. The van der Waals surface area contributed by atoms with Crippen LogP contribution in [0.1, 0.15) is 40.1 Å². The van der Waals surface area contributed by atoms with Gasteiger partial charge >= 0.3 is 0 Å². The van der Waals surface area contributed by atoms with Gasteiger partial charge in [-0.05, 0) is 67.8 Å². The number of benzene rings is 2. The van der Waals surface area contributed by atoms with Crippen LogP contribution in [-0.2, 0) is 26.5 Å². The summed E-state index contributed by atoms with van der Waals surface area (Å²) in [5.74, 6) is 1.08. The number of carbonyl (C=O) groups is 2. The molecule has 204 valence electrons. The second-order valence-electron chi connectivity index (χ2n) is 9.56. The number of hydrogen-bond donors (Lipinski definition) is 2. The van der Waals surface area contributed by atoms with Gasteiger partial charge in [0.05, 0.1) is 18.8 Å². The summed E-state index contributed by atoms with van der Waals surface area (Å²) in [6, 6.07) is 11.3. The van der Waals surface area contributed by atoms with E-state index in [1.54, 1.807) is 30.0 Å². The van der Waals surface area contributed by atoms with E-state index in [-0.39, 0.29) is 11.8 Å². The zero-order valence-corrected chi connectivity index (χ0v) is 24.1. The van der Waals surface area contributed by atoms with Gasteiger partial charge in [-0.3, -0.25) is 9.59 Å². The number of aromatic amines is 1. The summed E-state index contributed by atoms with van der Waals surface area (Å²) in [6.45, 7) is 6.53. The smallest absolute Gasteiger partial charge is 0.256 e. The second kappa shape index (κ2) is 12.1. The molecule has 0 radical (unpaired) electrons. The third-order valence-electron chi connectivity index (χ3n) is 7.19. The average Bonchev–Trinajstić information content (AvgIpc) is 3.40. The van der Waals surface area contributed by atoms with Gasteiger partial charge in [0.2, 0.25) is 5.91 Å². The summed E-state index contributed by atoms with van der Waals surface area (Å²) in [4.78, 5) is 31.9. The molecule has 0 atom stereocenters. The van der Waals surface area contributed by atoms with Crippen LogP contribution in [0.5, 0.6) is 5.75 Å². The van der Waals surface area contributed by atoms with E-state index in [0.29, 0.717) is 61.2 Å². The van der Waals surface area contributed by atoms with Gasteiger partial charge in [-0.2, -0.15) is 0 Å². The largest absolute Gasteiger partial charge is 0.385 e. The number of hydrogen-bond acceptors (Lipinski definition) is 5. The number of aryl methyl sites for hydroxylation is 1. The molecule has 2 N–H and O–H groups in total. The van der Waals surface area contributed by atoms with Crippen LogP contribution in [-0.4, -0.2) is 48.0 Å². The van der Waals surface area contributed by atoms with Crippen molar-refractivity contribution < 1.29 is 18.6 Å². The fourth-order valence-electron chi connectivity index (χ4n) is 4.99. The molecule has 2 amide bonds. The molecule has 5 rings (SSSR count). The minimum absolute atomic E-state index is 0.147. The summed E-state index contributed by atoms with van der Waals surface area (Å²) in [6.07, 6.45) is 2.99. The van der Waals surface area contributed by atoms with E-state index < -0.39 is 0 Å². The van der Waals surface area contributed by atoms with Crippen LogP contribution in [0.2, 0.25) is 5.02 Å². The van der Waals surface area contributed by atoms with Gasteiger partial charge in [0.1, 0.15) is 11.9 Å². The fraction of sp³-hybridized carbons (Fsp3) is 0.310. The van der Waals surface area contributed by atoms with Crippen molar-refractivity contribution in [3.05, 3.63) is 75.1 Å². The van der Waals surface area contributed by atoms with E-state index in [1.165, 1.54) is 0 Å². The Hall–Kier alpha value is -2.91. The average molecular weight is 587 g/mol. The Morgan fingerprint density at radius 2 is 1.97 bits per heavy atom. The highest BCUT2D eigenvalue weighted by atomic mass is 35.5. The molecule has 3 aromatic rings. The molecule has 7 nitrogen and oxygen atoms in total. The Balaban J connectivity index is 1.34. The zero-order chi connectivity index (χ0) is 27.5. The molecule has 10 heteroatoms. The van der Waals surface area contributed by atoms with Gasteiger partial charge < -0.3 is 24.2 Å². The predicted octanol–water partition coefficient (Wildman–Crippen LogP) is 6.39. The van der Waals surface area contributed by atoms with Crippen LogP contribution in [0.4, 0.5) is 5.69 Å². The quantitative estimate of drug-likeness (QED) is 0.236. The predicted molar refractivity (Wildman–Crippen MR) is 156 cm³/mol. The number of rotatable bonds is 8. The summed E-state index contributed by atoms with van der Waals surface area (Å²) in [7, 11) is 0. The van der Waals surface area contributed by atoms with E-state index in [4.69, 9.17) is 32.5 Å². The number of carbonyl (C=O) groups excluding carboxylic acids is 2. The number of halogens is 2. The lowest BCUT2D eigenvalue weighted by molar-refractivity contribution is -0.135. The molecule has 2 aromatic carbocycles. The number of aromatic nitrogens is 1. The number of amides is 2. The van der Waals surface area contributed by atoms with E-state index in [2.05, 4.69) is 10.3 Å². The highest BCUT2D eigenvalue weighted by molar-refractivity contribution is 7.98. The minimum Gasteiger partial charge on any atom is -0.385 e. The molecule has 1 aromatic heterocycles. The van der Waals surface area contributed by atoms with Crippen molar-refractivity contribution in [1.82, 2.24) is 9.88 Å². The minimum atomic E-state index is -0.147. The number of nitrogens with one attached hydrogen (secondary N) is 2. The first-order valence-electron chi connectivity index (χ1n) is 12.8. The van der Waals surface area contributed by atoms with E-state index in [0.717, 1.165) is 44.2 Å². The van der Waals surface area contributed by atoms with Crippen molar-refractivity contribution in [1.29, 1.82) is 0 Å². The summed E-state index contributed by atoms with van der Waals surface area (Å²) >= 11 is 13.6. The van der Waals surface area contributed by atoms with Gasteiger partial charge in [-0.1, -0.05) is 17.7 Å². The number of ether oxygens (including phenoxy) is 1. The molecule has 0 spiro atoms. The maximum atomic E-state index is 12.9. The molecule has 0 bridgehead atoms. The molecule has 0 saturated carbocycles. The first kappa shape index (κ1) is 27.6. The first-order valence-corrected chi connectivity index (χ1v) is 14.4. The highest BCUT2D eigenvalue weighted by Crippen LogP contribution is 2.39. The number of H-pyrrole nitrogens is 1. The number of nitrogens with zero attached hydrogens (tertiary/aromatic N) is 1. The summed E-state index contributed by atoms with van der Waals surface area (Å²) < 4.78 is 10.3. The molecular formula is C29H29Cl2N3O4S. The van der Waals surface area contributed by atoms with Crippen molar-refractivity contribution in [2.24, 2.45) is 0 Å². The number of anilines is 1. The van der Waals surface area contributed by atoms with E-state index in [9.17, 15) is 9.59 Å². The lowest BCUT2D eigenvalue weighted by Crippen LogP contribution is -2.40. The Morgan fingerprint density at radius 3 is 2.74 bits per heavy atom. The first-order chi connectivity index (χ1) is 18.9. The molecule has 2 aliphatic rings. The fourth-order valence-corrected chi connectivity index (χ4v) is 6.42. The number of morpholine rings is 1. The molecule has 1 saturated heterocycles. The molecule has 0 aliphatic carbocycles. The monoisotopic (exact) mass is 585 g/mol. The normalized spacial score (nSPS) is 15.9. The Kier molecular flexibility index (Phi) is 8.57. The SMILES string of the molecule is Cc1[nH]c(/C=C2\C(=O)Nc3ccc(SCc4c(Cl)cccc4OCl)cc32)c(C)c1CCC(=O)N1CCOCC1. The Bertz CT molecular complexity index is 1450. The number of fused-ring (bicyclic) bond motifs is 1. The lowest BCUT2D eigenvalue weighted by atomic mass is 10.0. The van der Waals surface area contributed by atoms with Crippen LogP contribution >= 0.6 is 35.2 Å². The van der Waals surface area contributed by atoms with E-state index in [1.807, 2.05) is 43.0 Å². The van der Waals surface area contributed by atoms with Crippen molar-refractivity contribution in [2.45, 2.75) is 37.3 Å². The molecule has 2 aliphatic heterocycles. The lowest BCUT2D eigenvalue weighted by Gasteiger charge is -2.26. The summed E-state index contributed by atoms with van der Waals surface area (Å²) in [5, 5.41) is 3.55. The van der Waals surface area contributed by atoms with Crippen molar-refractivity contribution >= 4 is 64.4 Å². The van der Waals surface area contributed by atoms with Gasteiger partial charge in [0, 0.05) is 63.4 Å². The molecule has 1 fully saturated rings. The van der Waals surface area contributed by atoms with Crippen LogP contribution in [0.15, 0.2) is 41.3 Å². The van der Waals surface area contributed by atoms with Crippen molar-refractivity contribution in [3.63, 3.8) is 0 Å². The third kappa shape index (κ3) is 5.99. The summed E-state index contributed by atoms with van der Waals surface area (Å²) in [5.41, 5.74) is 7.06. The maximum Gasteiger partial charge on any atom is 0.256 e. The van der Waals surface area contributed by atoms with Crippen LogP contribution in [0.25, 0.3) is 11.6 Å². The second-order valence-corrected chi connectivity index (χ2v) is 11.2. The molecule has 0 unspecified atom stereocenters. The molecular weight excluding hydrogens is 557 g/mol. The highest BCUT2D eigenvalue weighted by Gasteiger charge is 2.26. The van der Waals surface area contributed by atoms with Gasteiger partial charge in [0.25, 0.3) is 5.91 Å². The van der Waals surface area contributed by atoms with Gasteiger partial charge in [-0.25, -0.2) is 0 Å². The van der Waals surface area contributed by atoms with Crippen molar-refractivity contribution in [3.8, 4) is 5.75 Å². The van der Waals surface area contributed by atoms with Crippen molar-refractivity contribution in [2.75, 3.05) is 31.6 Å². The zero-order valence-electron chi connectivity index (χ0n) is 21.7. The topological polar surface area (TPSA) is 83.7 Å². The standard InChI is InChI=1S/C29H29Cl2N3O4S/c1-17-20(7-9-28(35)34-10-12-37-13-11-34)18(2)32-26(17)15-22-21-14-19(6-8-25(21)33-29(22)36)39-16-23-24(30)4-3-5-27(23)38-31/h3-6,8,14-15,32H,7,9-13,16H2,1-2H3,(H,33,36)/b22-15-. The van der Waals surface area contributed by atoms with Gasteiger partial charge in [-0.15, -0.1) is 11.8 Å². The molecule has 39 heavy (non-hydrogen) atoms. The van der Waals surface area contributed by atoms with Gasteiger partial charge in [0.15, 0.2) is 5.75 Å². The Labute approximate surface area is 242 Å². The van der Waals surface area contributed by atoms with E-state index >= 15 is 0 Å².